The van der Waals surface area contributed by atoms with Crippen LogP contribution in [0.5, 0.6) is 0 Å². The third kappa shape index (κ3) is 1.27. The van der Waals surface area contributed by atoms with Crippen LogP contribution in [-0.4, -0.2) is 5.78 Å². The standard InChI is InChI=1S/C13H8O/c1-2-13(14)12-9-5-7-10-6-3-4-8-11(10)12/h1,3-9H. The number of Topliss-reactive ketones (excluding diaryl/α,β-unsaturated/α-hetero) is 1. The fraction of sp³-hybridized carbons (Fsp3) is 0. The third-order valence-electron chi connectivity index (χ3n) is 2.17. The molecule has 0 saturated carbocycles. The highest BCUT2D eigenvalue weighted by atomic mass is 16.1. The van der Waals surface area contributed by atoms with Crippen LogP contribution in [0, 0.1) is 12.3 Å². The Bertz CT molecular complexity index is 527. The average molecular weight is 180 g/mol. The van der Waals surface area contributed by atoms with Gasteiger partial charge in [0.2, 0.25) is 5.78 Å². The Morgan fingerprint density at radius 2 is 1.79 bits per heavy atom. The molecule has 0 atom stereocenters. The number of hydrogen-bond acceptors (Lipinski definition) is 1. The van der Waals surface area contributed by atoms with E-state index in [0.717, 1.165) is 10.8 Å². The zero-order chi connectivity index (χ0) is 9.97. The van der Waals surface area contributed by atoms with Gasteiger partial charge < -0.3 is 0 Å². The summed E-state index contributed by atoms with van der Waals surface area (Å²) in [5, 5.41) is 1.95. The van der Waals surface area contributed by atoms with Crippen LogP contribution >= 0.6 is 0 Å². The lowest BCUT2D eigenvalue weighted by Crippen LogP contribution is -1.95. The van der Waals surface area contributed by atoms with Crippen molar-refractivity contribution in [1.29, 1.82) is 0 Å². The highest BCUT2D eigenvalue weighted by molar-refractivity contribution is 6.16. The summed E-state index contributed by atoms with van der Waals surface area (Å²) in [6.07, 6.45) is 5.10. The second-order valence-electron chi connectivity index (χ2n) is 3.00. The Morgan fingerprint density at radius 3 is 2.57 bits per heavy atom. The number of fused-ring (bicyclic) bond motifs is 1. The molecule has 0 heterocycles. The first kappa shape index (κ1) is 8.52. The summed E-state index contributed by atoms with van der Waals surface area (Å²) in [6.45, 7) is 0. The molecular weight excluding hydrogens is 172 g/mol. The first-order valence-electron chi connectivity index (χ1n) is 4.31. The number of rotatable bonds is 1. The van der Waals surface area contributed by atoms with Crippen LogP contribution in [0.4, 0.5) is 0 Å². The van der Waals surface area contributed by atoms with Crippen LogP contribution in [-0.2, 0) is 0 Å². The first-order chi connectivity index (χ1) is 6.83. The van der Waals surface area contributed by atoms with Gasteiger partial charge in [0, 0.05) is 5.56 Å². The van der Waals surface area contributed by atoms with Crippen molar-refractivity contribution in [3.8, 4) is 12.3 Å². The second kappa shape index (κ2) is 3.35. The molecule has 2 aromatic carbocycles. The van der Waals surface area contributed by atoms with Gasteiger partial charge in [0.1, 0.15) is 0 Å². The molecule has 0 aliphatic rings. The Hall–Kier alpha value is -2.07. The van der Waals surface area contributed by atoms with Crippen LogP contribution in [0.3, 0.4) is 0 Å². The summed E-state index contributed by atoms with van der Waals surface area (Å²) in [5.41, 5.74) is 0.602. The van der Waals surface area contributed by atoms with Crippen molar-refractivity contribution in [3.63, 3.8) is 0 Å². The van der Waals surface area contributed by atoms with Gasteiger partial charge in [0.05, 0.1) is 0 Å². The number of benzene rings is 2. The van der Waals surface area contributed by atoms with E-state index in [0.29, 0.717) is 5.56 Å². The van der Waals surface area contributed by atoms with Crippen molar-refractivity contribution in [1.82, 2.24) is 0 Å². The van der Waals surface area contributed by atoms with Gasteiger partial charge in [-0.15, -0.1) is 6.42 Å². The Labute approximate surface area is 82.4 Å². The van der Waals surface area contributed by atoms with Gasteiger partial charge in [0.15, 0.2) is 0 Å². The highest BCUT2D eigenvalue weighted by Gasteiger charge is 2.05. The normalized spacial score (nSPS) is 9.64. The van der Waals surface area contributed by atoms with E-state index in [2.05, 4.69) is 5.92 Å². The van der Waals surface area contributed by atoms with Gasteiger partial charge >= 0.3 is 0 Å². The van der Waals surface area contributed by atoms with Crippen molar-refractivity contribution in [2.24, 2.45) is 0 Å². The summed E-state index contributed by atoms with van der Waals surface area (Å²) >= 11 is 0. The molecular formula is C13H8O. The van der Waals surface area contributed by atoms with E-state index < -0.39 is 0 Å². The van der Waals surface area contributed by atoms with Crippen molar-refractivity contribution in [2.75, 3.05) is 0 Å². The number of carbonyl (C=O) groups excluding carboxylic acids is 1. The van der Waals surface area contributed by atoms with E-state index in [9.17, 15) is 4.79 Å². The maximum atomic E-state index is 11.4. The first-order valence-corrected chi connectivity index (χ1v) is 4.31. The van der Waals surface area contributed by atoms with Crippen LogP contribution in [0.15, 0.2) is 42.5 Å². The maximum Gasteiger partial charge on any atom is 0.236 e. The lowest BCUT2D eigenvalue weighted by molar-refractivity contribution is 0.105. The smallest absolute Gasteiger partial charge is 0.236 e. The van der Waals surface area contributed by atoms with E-state index in [4.69, 9.17) is 6.42 Å². The number of carbonyl (C=O) groups is 1. The van der Waals surface area contributed by atoms with Crippen LogP contribution in [0.1, 0.15) is 10.4 Å². The molecule has 0 saturated heterocycles. The molecule has 0 bridgehead atoms. The lowest BCUT2D eigenvalue weighted by atomic mass is 10.0. The Morgan fingerprint density at radius 1 is 1.07 bits per heavy atom. The molecule has 0 aliphatic heterocycles. The molecule has 2 aromatic rings. The molecule has 1 nitrogen and oxygen atoms in total. The van der Waals surface area contributed by atoms with E-state index in [1.165, 1.54) is 0 Å². The van der Waals surface area contributed by atoms with Gasteiger partial charge in [0.25, 0.3) is 0 Å². The van der Waals surface area contributed by atoms with E-state index >= 15 is 0 Å². The predicted octanol–water partition coefficient (Wildman–Crippen LogP) is 2.66. The molecule has 0 unspecified atom stereocenters. The lowest BCUT2D eigenvalue weighted by Gasteiger charge is -2.00. The zero-order valence-electron chi connectivity index (χ0n) is 7.53. The predicted molar refractivity (Wildman–Crippen MR) is 57.1 cm³/mol. The number of terminal acetylenes is 1. The van der Waals surface area contributed by atoms with Gasteiger partial charge in [-0.2, -0.15) is 0 Å². The largest absolute Gasteiger partial charge is 0.279 e. The van der Waals surface area contributed by atoms with Crippen LogP contribution < -0.4 is 0 Å². The minimum absolute atomic E-state index is 0.262. The number of ketones is 1. The molecule has 14 heavy (non-hydrogen) atoms. The van der Waals surface area contributed by atoms with Crippen molar-refractivity contribution >= 4 is 16.6 Å². The zero-order valence-corrected chi connectivity index (χ0v) is 7.53. The van der Waals surface area contributed by atoms with E-state index in [1.807, 2.05) is 36.4 Å². The summed E-state index contributed by atoms with van der Waals surface area (Å²) in [7, 11) is 0. The maximum absolute atomic E-state index is 11.4. The van der Waals surface area contributed by atoms with Gasteiger partial charge in [-0.25, -0.2) is 0 Å². The molecule has 0 amide bonds. The quantitative estimate of drug-likeness (QED) is 0.374. The Kier molecular flexibility index (Phi) is 2.04. The molecule has 0 aromatic heterocycles. The summed E-state index contributed by atoms with van der Waals surface area (Å²) < 4.78 is 0. The topological polar surface area (TPSA) is 17.1 Å². The average Bonchev–Trinajstić information content (AvgIpc) is 2.27. The van der Waals surface area contributed by atoms with Crippen molar-refractivity contribution < 1.29 is 4.79 Å². The van der Waals surface area contributed by atoms with Crippen molar-refractivity contribution in [3.05, 3.63) is 48.0 Å². The molecule has 66 valence electrons. The van der Waals surface area contributed by atoms with Crippen LogP contribution in [0.2, 0.25) is 0 Å². The molecule has 0 N–H and O–H groups in total. The molecule has 0 radical (unpaired) electrons. The van der Waals surface area contributed by atoms with Crippen LogP contribution in [0.25, 0.3) is 10.8 Å². The van der Waals surface area contributed by atoms with Crippen molar-refractivity contribution in [2.45, 2.75) is 0 Å². The van der Waals surface area contributed by atoms with E-state index in [-0.39, 0.29) is 5.78 Å². The van der Waals surface area contributed by atoms with E-state index in [1.54, 1.807) is 6.07 Å². The second-order valence-corrected chi connectivity index (χ2v) is 3.00. The summed E-state index contributed by atoms with van der Waals surface area (Å²) in [4.78, 5) is 11.4. The molecule has 1 heteroatoms. The number of hydrogen-bond donors (Lipinski definition) is 0. The van der Waals surface area contributed by atoms with Gasteiger partial charge in [-0.3, -0.25) is 4.79 Å². The van der Waals surface area contributed by atoms with Gasteiger partial charge in [-0.1, -0.05) is 36.4 Å². The summed E-state index contributed by atoms with van der Waals surface area (Å²) in [5.74, 6) is 1.87. The molecule has 0 spiro atoms. The molecule has 2 rings (SSSR count). The minimum Gasteiger partial charge on any atom is -0.279 e. The van der Waals surface area contributed by atoms with Gasteiger partial charge in [-0.05, 0) is 22.8 Å². The minimum atomic E-state index is -0.262. The monoisotopic (exact) mass is 180 g/mol. The molecule has 0 aliphatic carbocycles. The highest BCUT2D eigenvalue weighted by Crippen LogP contribution is 2.18. The summed E-state index contributed by atoms with van der Waals surface area (Å²) in [6, 6.07) is 13.3. The third-order valence-corrected chi connectivity index (χ3v) is 2.17. The fourth-order valence-corrected chi connectivity index (χ4v) is 1.50. The fourth-order valence-electron chi connectivity index (χ4n) is 1.50. The Balaban J connectivity index is 2.79. The molecule has 0 fully saturated rings. The SMILES string of the molecule is C#CC(=O)c1cccc2ccccc12.